The lowest BCUT2D eigenvalue weighted by Crippen LogP contribution is -2.45. The average Bonchev–Trinajstić information content (AvgIpc) is 2.52. The molecular formula is C15H19ClO8. The van der Waals surface area contributed by atoms with E-state index in [2.05, 4.69) is 9.47 Å². The minimum absolute atomic E-state index is 0. The molecule has 0 saturated carbocycles. The number of aliphatic carboxylic acids is 1. The number of halogens is 1. The minimum Gasteiger partial charge on any atom is -0.478 e. The summed E-state index contributed by atoms with van der Waals surface area (Å²) in [6.07, 6.45) is -2.26. The monoisotopic (exact) mass is 362 g/mol. The summed E-state index contributed by atoms with van der Waals surface area (Å²) in [5.74, 6) is -1.51. The van der Waals surface area contributed by atoms with Crippen molar-refractivity contribution in [3.8, 4) is 0 Å². The number of ether oxygens (including phenoxy) is 4. The molecule has 1 rings (SSSR count). The van der Waals surface area contributed by atoms with Crippen molar-refractivity contribution in [1.82, 2.24) is 0 Å². The number of carboxylic acid groups (broad SMARTS) is 1. The molecule has 24 heavy (non-hydrogen) atoms. The molecule has 1 N–H and O–H groups in total. The number of carbonyl (C=O) groups excluding carboxylic acids is 2. The maximum atomic E-state index is 11.8. The molecule has 1 atom stereocenters. The van der Waals surface area contributed by atoms with Gasteiger partial charge in [0, 0.05) is 5.56 Å². The minimum atomic E-state index is -2.24. The van der Waals surface area contributed by atoms with Crippen molar-refractivity contribution in [2.24, 2.45) is 0 Å². The van der Waals surface area contributed by atoms with Gasteiger partial charge in [-0.1, -0.05) is 30.3 Å². The van der Waals surface area contributed by atoms with Gasteiger partial charge in [0.1, 0.15) is 0 Å². The van der Waals surface area contributed by atoms with Crippen molar-refractivity contribution >= 4 is 30.7 Å². The Hall–Kier alpha value is -2.48. The molecule has 0 spiro atoms. The number of hydrogen-bond donors (Lipinski definition) is 1. The highest BCUT2D eigenvalue weighted by atomic mass is 35.5. The molecule has 0 fully saturated rings. The Morgan fingerprint density at radius 1 is 0.958 bits per heavy atom. The smallest absolute Gasteiger partial charge is 0.478 e. The Kier molecular flexibility index (Phi) is 9.26. The van der Waals surface area contributed by atoms with E-state index in [1.807, 2.05) is 0 Å². The molecular weight excluding hydrogens is 344 g/mol. The van der Waals surface area contributed by atoms with E-state index < -0.39 is 30.5 Å². The van der Waals surface area contributed by atoms with Crippen LogP contribution in [0, 0.1) is 0 Å². The zero-order valence-corrected chi connectivity index (χ0v) is 14.0. The van der Waals surface area contributed by atoms with Gasteiger partial charge in [0.25, 0.3) is 5.60 Å². The molecule has 0 radical (unpaired) electrons. The summed E-state index contributed by atoms with van der Waals surface area (Å²) < 4.78 is 18.9. The van der Waals surface area contributed by atoms with E-state index in [-0.39, 0.29) is 31.2 Å². The summed E-state index contributed by atoms with van der Waals surface area (Å²) in [6, 6.07) is 7.65. The Bertz CT molecular complexity index is 548. The van der Waals surface area contributed by atoms with Crippen molar-refractivity contribution in [2.75, 3.05) is 19.8 Å². The van der Waals surface area contributed by atoms with Crippen LogP contribution in [0.3, 0.4) is 0 Å². The highest BCUT2D eigenvalue weighted by Gasteiger charge is 2.47. The Labute approximate surface area is 145 Å². The van der Waals surface area contributed by atoms with Gasteiger partial charge in [-0.3, -0.25) is 0 Å². The van der Waals surface area contributed by atoms with E-state index >= 15 is 0 Å². The fourth-order valence-electron chi connectivity index (χ4n) is 1.72. The zero-order valence-electron chi connectivity index (χ0n) is 13.2. The number of hydrogen-bond acceptors (Lipinski definition) is 7. The molecule has 134 valence electrons. The second-order valence-electron chi connectivity index (χ2n) is 4.25. The summed E-state index contributed by atoms with van der Waals surface area (Å²) in [6.45, 7) is 2.41. The third kappa shape index (κ3) is 5.62. The molecule has 1 unspecified atom stereocenters. The van der Waals surface area contributed by atoms with Gasteiger partial charge < -0.3 is 24.1 Å². The van der Waals surface area contributed by atoms with Gasteiger partial charge >= 0.3 is 18.3 Å². The van der Waals surface area contributed by atoms with Gasteiger partial charge in [-0.05, 0) is 13.8 Å². The first-order chi connectivity index (χ1) is 11.0. The van der Waals surface area contributed by atoms with Gasteiger partial charge in [-0.2, -0.15) is 0 Å². The predicted octanol–water partition coefficient (Wildman–Crippen LogP) is 2.73. The van der Waals surface area contributed by atoms with E-state index in [4.69, 9.17) is 9.47 Å². The van der Waals surface area contributed by atoms with Crippen LogP contribution in [0.2, 0.25) is 0 Å². The molecule has 0 heterocycles. The number of benzene rings is 1. The highest BCUT2D eigenvalue weighted by Crippen LogP contribution is 2.28. The zero-order chi connectivity index (χ0) is 17.3. The summed E-state index contributed by atoms with van der Waals surface area (Å²) >= 11 is 0. The summed E-state index contributed by atoms with van der Waals surface area (Å²) in [5.41, 5.74) is -2.12. The van der Waals surface area contributed by atoms with Gasteiger partial charge in [0.05, 0.1) is 13.2 Å². The predicted molar refractivity (Wildman–Crippen MR) is 84.1 cm³/mol. The van der Waals surface area contributed by atoms with Crippen molar-refractivity contribution < 1.29 is 38.4 Å². The van der Waals surface area contributed by atoms with Crippen LogP contribution in [0.15, 0.2) is 30.3 Å². The second kappa shape index (κ2) is 10.3. The lowest BCUT2D eigenvalue weighted by Gasteiger charge is -2.28. The molecule has 0 bridgehead atoms. The highest BCUT2D eigenvalue weighted by molar-refractivity contribution is 5.85. The van der Waals surface area contributed by atoms with E-state index in [1.165, 1.54) is 12.1 Å². The van der Waals surface area contributed by atoms with Crippen LogP contribution < -0.4 is 0 Å². The average molecular weight is 363 g/mol. The number of carbonyl (C=O) groups is 3. The first-order valence-corrected chi connectivity index (χ1v) is 6.90. The number of rotatable bonds is 7. The maximum absolute atomic E-state index is 11.8. The van der Waals surface area contributed by atoms with Crippen LogP contribution in [0.25, 0.3) is 0 Å². The topological polar surface area (TPSA) is 108 Å². The largest absolute Gasteiger partial charge is 0.509 e. The second-order valence-corrected chi connectivity index (χ2v) is 4.25. The third-order valence-corrected chi connectivity index (χ3v) is 2.76. The fraction of sp³-hybridized carbons (Fsp3) is 0.400. The van der Waals surface area contributed by atoms with Gasteiger partial charge in [-0.15, -0.1) is 12.4 Å². The van der Waals surface area contributed by atoms with Crippen LogP contribution in [0.5, 0.6) is 0 Å². The first kappa shape index (κ1) is 21.5. The molecule has 0 aromatic heterocycles. The van der Waals surface area contributed by atoms with Crippen LogP contribution in [0.1, 0.15) is 19.4 Å². The molecule has 0 amide bonds. The van der Waals surface area contributed by atoms with Crippen LogP contribution >= 0.6 is 12.4 Å². The van der Waals surface area contributed by atoms with Crippen molar-refractivity contribution in [3.63, 3.8) is 0 Å². The molecule has 0 aliphatic heterocycles. The molecule has 8 nitrogen and oxygen atoms in total. The van der Waals surface area contributed by atoms with Crippen molar-refractivity contribution in [1.29, 1.82) is 0 Å². The molecule has 1 aromatic carbocycles. The van der Waals surface area contributed by atoms with Gasteiger partial charge in [-0.25, -0.2) is 14.4 Å². The quantitative estimate of drug-likeness (QED) is 0.737. The normalized spacial score (nSPS) is 12.1. The van der Waals surface area contributed by atoms with Crippen molar-refractivity contribution in [3.05, 3.63) is 35.9 Å². The Morgan fingerprint density at radius 2 is 1.50 bits per heavy atom. The van der Waals surface area contributed by atoms with Crippen molar-refractivity contribution in [2.45, 2.75) is 19.4 Å². The van der Waals surface area contributed by atoms with Gasteiger partial charge in [0.2, 0.25) is 0 Å². The Balaban J connectivity index is 0.00000529. The third-order valence-electron chi connectivity index (χ3n) is 2.76. The van der Waals surface area contributed by atoms with Crippen LogP contribution in [-0.2, 0) is 29.3 Å². The van der Waals surface area contributed by atoms with E-state index in [0.29, 0.717) is 0 Å². The number of carboxylic acids is 1. The van der Waals surface area contributed by atoms with Crippen LogP contribution in [0.4, 0.5) is 9.59 Å². The molecule has 1 aromatic rings. The lowest BCUT2D eigenvalue weighted by atomic mass is 9.94. The van der Waals surface area contributed by atoms with Gasteiger partial charge in [0.15, 0.2) is 6.61 Å². The summed E-state index contributed by atoms with van der Waals surface area (Å²) in [4.78, 5) is 34.7. The van der Waals surface area contributed by atoms with E-state index in [9.17, 15) is 19.5 Å². The Morgan fingerprint density at radius 3 is 2.00 bits per heavy atom. The van der Waals surface area contributed by atoms with E-state index in [1.54, 1.807) is 32.0 Å². The SMILES string of the molecule is CCOC(=O)OCC(OC(=O)OCC)(C(=O)O)c1ccccc1.Cl. The standard InChI is InChI=1S/C15H18O8.ClH/c1-3-20-13(18)22-10-15(12(16)17,23-14(19)21-4-2)11-8-6-5-7-9-11;/h5-9H,3-4,10H2,1-2H3,(H,16,17);1H. The molecule has 0 aliphatic rings. The fourth-order valence-corrected chi connectivity index (χ4v) is 1.72. The summed E-state index contributed by atoms with van der Waals surface area (Å²) in [5, 5.41) is 9.57. The van der Waals surface area contributed by atoms with E-state index in [0.717, 1.165) is 0 Å². The molecule has 9 heteroatoms. The van der Waals surface area contributed by atoms with Crippen LogP contribution in [-0.4, -0.2) is 43.2 Å². The molecule has 0 aliphatic carbocycles. The lowest BCUT2D eigenvalue weighted by molar-refractivity contribution is -0.168. The molecule has 0 saturated heterocycles. The first-order valence-electron chi connectivity index (χ1n) is 6.90. The summed E-state index contributed by atoms with van der Waals surface area (Å²) in [7, 11) is 0. The maximum Gasteiger partial charge on any atom is 0.509 e.